The number of rotatable bonds is 1. The number of carbonyl (C=O) groups excluding carboxylic acids is 1. The molecule has 1 aliphatic heterocycles. The van der Waals surface area contributed by atoms with Crippen molar-refractivity contribution in [2.24, 2.45) is 5.92 Å². The molecule has 0 saturated heterocycles. The van der Waals surface area contributed by atoms with Gasteiger partial charge < -0.3 is 13.9 Å². The van der Waals surface area contributed by atoms with Gasteiger partial charge in [-0.05, 0) is 19.4 Å². The highest BCUT2D eigenvalue weighted by Crippen LogP contribution is 2.41. The Morgan fingerprint density at radius 1 is 1.19 bits per heavy atom. The molecule has 0 amide bonds. The highest BCUT2D eigenvalue weighted by Gasteiger charge is 2.35. The Morgan fingerprint density at radius 3 is 2.57 bits per heavy atom. The molecule has 2 unspecified atom stereocenters. The average Bonchev–Trinajstić information content (AvgIpc) is 2.43. The highest BCUT2D eigenvalue weighted by atomic mass is 16.5. The van der Waals surface area contributed by atoms with Gasteiger partial charge in [0.1, 0.15) is 23.2 Å². The predicted molar refractivity (Wildman–Crippen MR) is 77.4 cm³/mol. The number of carbonyl (C=O) groups is 1. The summed E-state index contributed by atoms with van der Waals surface area (Å²) in [6, 6.07) is 3.07. The molecule has 1 aromatic carbocycles. The average molecular weight is 288 g/mol. The van der Waals surface area contributed by atoms with Crippen LogP contribution in [0.2, 0.25) is 0 Å². The third-order valence-electron chi connectivity index (χ3n) is 4.04. The topological polar surface area (TPSA) is 65.7 Å². The van der Waals surface area contributed by atoms with Crippen molar-refractivity contribution in [3.8, 4) is 11.5 Å². The van der Waals surface area contributed by atoms with Gasteiger partial charge in [0.2, 0.25) is 0 Å². The molecule has 1 aromatic heterocycles. The van der Waals surface area contributed by atoms with Crippen molar-refractivity contribution >= 4 is 16.8 Å². The van der Waals surface area contributed by atoms with E-state index in [0.29, 0.717) is 28.0 Å². The maximum atomic E-state index is 12.6. The van der Waals surface area contributed by atoms with E-state index in [1.807, 2.05) is 6.92 Å². The Morgan fingerprint density at radius 2 is 1.90 bits per heavy atom. The first-order chi connectivity index (χ1) is 9.93. The number of hydrogen-bond donors (Lipinski definition) is 0. The van der Waals surface area contributed by atoms with Crippen LogP contribution in [0.5, 0.6) is 11.5 Å². The van der Waals surface area contributed by atoms with Gasteiger partial charge in [-0.2, -0.15) is 0 Å². The second-order valence-electron chi connectivity index (χ2n) is 5.38. The van der Waals surface area contributed by atoms with E-state index in [4.69, 9.17) is 13.9 Å². The number of ketones is 1. The lowest BCUT2D eigenvalue weighted by molar-refractivity contribution is 0.0731. The Balaban J connectivity index is 2.47. The summed E-state index contributed by atoms with van der Waals surface area (Å²) in [7, 11) is 1.53. The zero-order valence-corrected chi connectivity index (χ0v) is 12.4. The van der Waals surface area contributed by atoms with Crippen LogP contribution in [0.4, 0.5) is 0 Å². The molecule has 3 rings (SSSR count). The van der Waals surface area contributed by atoms with Gasteiger partial charge in [0.25, 0.3) is 0 Å². The molecular formula is C16H16O5. The third kappa shape index (κ3) is 1.92. The molecule has 2 heterocycles. The van der Waals surface area contributed by atoms with Crippen LogP contribution < -0.4 is 15.1 Å². The van der Waals surface area contributed by atoms with Gasteiger partial charge in [0, 0.05) is 12.1 Å². The Kier molecular flexibility index (Phi) is 3.01. The minimum Gasteiger partial charge on any atom is -0.496 e. The van der Waals surface area contributed by atoms with Crippen LogP contribution in [-0.4, -0.2) is 19.0 Å². The van der Waals surface area contributed by atoms with Gasteiger partial charge in [-0.15, -0.1) is 0 Å². The van der Waals surface area contributed by atoms with Crippen molar-refractivity contribution in [3.05, 3.63) is 33.7 Å². The van der Waals surface area contributed by atoms with Crippen LogP contribution in [0, 0.1) is 12.8 Å². The van der Waals surface area contributed by atoms with Crippen LogP contribution >= 0.6 is 0 Å². The predicted octanol–water partition coefficient (Wildman–Crippen LogP) is 2.71. The lowest BCUT2D eigenvalue weighted by Crippen LogP contribution is -2.33. The molecule has 0 aliphatic carbocycles. The number of fused-ring (bicyclic) bond motifs is 3. The number of hydrogen-bond acceptors (Lipinski definition) is 5. The normalized spacial score (nSPS) is 21.0. The molecule has 0 bridgehead atoms. The van der Waals surface area contributed by atoms with Gasteiger partial charge in [0.15, 0.2) is 11.4 Å². The molecular weight excluding hydrogens is 272 g/mol. The van der Waals surface area contributed by atoms with E-state index in [9.17, 15) is 9.59 Å². The van der Waals surface area contributed by atoms with E-state index in [1.54, 1.807) is 19.9 Å². The van der Waals surface area contributed by atoms with Gasteiger partial charge in [-0.25, -0.2) is 4.79 Å². The third-order valence-corrected chi connectivity index (χ3v) is 4.04. The van der Waals surface area contributed by atoms with Gasteiger partial charge in [-0.1, -0.05) is 6.92 Å². The largest absolute Gasteiger partial charge is 0.496 e. The second-order valence-corrected chi connectivity index (χ2v) is 5.38. The monoisotopic (exact) mass is 288 g/mol. The number of aryl methyl sites for hydroxylation is 1. The molecule has 0 saturated carbocycles. The second kappa shape index (κ2) is 4.62. The van der Waals surface area contributed by atoms with Crippen LogP contribution in [0.15, 0.2) is 21.3 Å². The molecule has 21 heavy (non-hydrogen) atoms. The highest BCUT2D eigenvalue weighted by molar-refractivity contribution is 6.12. The molecule has 110 valence electrons. The van der Waals surface area contributed by atoms with Crippen molar-refractivity contribution < 1.29 is 18.7 Å². The maximum absolute atomic E-state index is 12.6. The first kappa shape index (κ1) is 13.7. The van der Waals surface area contributed by atoms with Crippen molar-refractivity contribution in [2.45, 2.75) is 26.9 Å². The Hall–Kier alpha value is -2.30. The molecule has 1 aliphatic rings. The fourth-order valence-corrected chi connectivity index (χ4v) is 2.70. The maximum Gasteiger partial charge on any atom is 0.336 e. The summed E-state index contributed by atoms with van der Waals surface area (Å²) in [5, 5.41) is 0.634. The summed E-state index contributed by atoms with van der Waals surface area (Å²) in [6.07, 6.45) is -0.233. The fraction of sp³-hybridized carbons (Fsp3) is 0.375. The lowest BCUT2D eigenvalue weighted by atomic mass is 9.89. The van der Waals surface area contributed by atoms with Gasteiger partial charge >= 0.3 is 5.63 Å². The summed E-state index contributed by atoms with van der Waals surface area (Å²) in [5.41, 5.74) is 0.796. The van der Waals surface area contributed by atoms with Crippen LogP contribution in [0.25, 0.3) is 11.0 Å². The van der Waals surface area contributed by atoms with Crippen molar-refractivity contribution in [1.82, 2.24) is 0 Å². The summed E-state index contributed by atoms with van der Waals surface area (Å²) in [6.45, 7) is 5.43. The summed E-state index contributed by atoms with van der Waals surface area (Å²) >= 11 is 0. The molecule has 5 heteroatoms. The SMILES string of the molecule is COc1cc2c(c3oc(=O)cc(C)c13)C(=O)C(C)C(C)O2. The number of methoxy groups -OCH3 is 1. The summed E-state index contributed by atoms with van der Waals surface area (Å²) < 4.78 is 16.4. The number of Topliss-reactive ketones (excluding diaryl/α,β-unsaturated/α-hetero) is 1. The van der Waals surface area contributed by atoms with Crippen LogP contribution in [0.1, 0.15) is 29.8 Å². The van der Waals surface area contributed by atoms with Gasteiger partial charge in [-0.3, -0.25) is 4.79 Å². The molecule has 2 aromatic rings. The summed E-state index contributed by atoms with van der Waals surface area (Å²) in [5.74, 6) is 0.563. The molecule has 0 N–H and O–H groups in total. The van der Waals surface area contributed by atoms with Crippen molar-refractivity contribution in [2.75, 3.05) is 7.11 Å². The molecule has 0 spiro atoms. The molecule has 0 radical (unpaired) electrons. The number of ether oxygens (including phenoxy) is 2. The van der Waals surface area contributed by atoms with Crippen LogP contribution in [0.3, 0.4) is 0 Å². The zero-order valence-electron chi connectivity index (χ0n) is 12.4. The van der Waals surface area contributed by atoms with Gasteiger partial charge in [0.05, 0.1) is 18.4 Å². The molecule has 5 nitrogen and oxygen atoms in total. The van der Waals surface area contributed by atoms with Crippen molar-refractivity contribution in [1.29, 1.82) is 0 Å². The Bertz CT molecular complexity index is 802. The molecule has 2 atom stereocenters. The van der Waals surface area contributed by atoms with Crippen molar-refractivity contribution in [3.63, 3.8) is 0 Å². The fourth-order valence-electron chi connectivity index (χ4n) is 2.70. The van der Waals surface area contributed by atoms with E-state index in [1.165, 1.54) is 13.2 Å². The first-order valence-corrected chi connectivity index (χ1v) is 6.80. The van der Waals surface area contributed by atoms with E-state index >= 15 is 0 Å². The zero-order chi connectivity index (χ0) is 15.3. The van der Waals surface area contributed by atoms with E-state index in [-0.39, 0.29) is 23.4 Å². The smallest absolute Gasteiger partial charge is 0.336 e. The van der Waals surface area contributed by atoms with E-state index in [0.717, 1.165) is 0 Å². The minimum absolute atomic E-state index is 0.0786. The van der Waals surface area contributed by atoms with E-state index < -0.39 is 5.63 Å². The Labute approximate surface area is 121 Å². The summed E-state index contributed by atoms with van der Waals surface area (Å²) in [4.78, 5) is 24.3. The lowest BCUT2D eigenvalue weighted by Gasteiger charge is -2.28. The first-order valence-electron chi connectivity index (χ1n) is 6.80. The standard InChI is InChI=1S/C16H16O5/c1-7-5-12(17)21-16-13(7)10(19-4)6-11-14(16)15(18)8(2)9(3)20-11/h5-6,8-9H,1-4H3. The molecule has 0 fully saturated rings. The number of benzene rings is 1. The van der Waals surface area contributed by atoms with E-state index in [2.05, 4.69) is 0 Å². The quantitative estimate of drug-likeness (QED) is 0.755. The van der Waals surface area contributed by atoms with Crippen LogP contribution in [-0.2, 0) is 0 Å². The minimum atomic E-state index is -0.491.